The molecular formula is C18H24N4O4S2. The number of carbonyl (C=O) groups excluding carboxylic acids is 2. The summed E-state index contributed by atoms with van der Waals surface area (Å²) in [6.07, 6.45) is 4.97. The first kappa shape index (κ1) is 20.8. The number of thiophene rings is 1. The molecule has 0 saturated carbocycles. The molecule has 3 N–H and O–H groups in total. The largest absolute Gasteiger partial charge is 0.383 e. The van der Waals surface area contributed by atoms with Crippen LogP contribution in [-0.4, -0.2) is 41.0 Å². The van der Waals surface area contributed by atoms with Gasteiger partial charge in [0.1, 0.15) is 4.83 Å². The van der Waals surface area contributed by atoms with Crippen LogP contribution in [0, 0.1) is 0 Å². The molecule has 0 aromatic carbocycles. The van der Waals surface area contributed by atoms with Crippen molar-refractivity contribution in [3.05, 3.63) is 20.8 Å². The monoisotopic (exact) mass is 424 g/mol. The molecule has 0 bridgehead atoms. The third kappa shape index (κ3) is 4.73. The third-order valence-electron chi connectivity index (χ3n) is 4.60. The quantitative estimate of drug-likeness (QED) is 0.381. The number of fused-ring (bicyclic) bond motifs is 3. The number of rotatable bonds is 8. The first-order chi connectivity index (χ1) is 13.5. The fourth-order valence-corrected chi connectivity index (χ4v) is 5.57. The second-order valence-corrected chi connectivity index (χ2v) is 8.75. The van der Waals surface area contributed by atoms with Gasteiger partial charge in [-0.2, -0.15) is 0 Å². The summed E-state index contributed by atoms with van der Waals surface area (Å²) in [7, 11) is 1.60. The number of urea groups is 1. The maximum Gasteiger partial charge on any atom is 0.318 e. The van der Waals surface area contributed by atoms with Gasteiger partial charge in [0.2, 0.25) is 5.91 Å². The highest BCUT2D eigenvalue weighted by atomic mass is 32.2. The van der Waals surface area contributed by atoms with Crippen LogP contribution in [0.5, 0.6) is 0 Å². The highest BCUT2D eigenvalue weighted by Gasteiger charge is 2.22. The van der Waals surface area contributed by atoms with Crippen LogP contribution in [0.3, 0.4) is 0 Å². The van der Waals surface area contributed by atoms with E-state index < -0.39 is 11.9 Å². The van der Waals surface area contributed by atoms with Gasteiger partial charge in [0.15, 0.2) is 5.16 Å². The summed E-state index contributed by atoms with van der Waals surface area (Å²) in [4.78, 5) is 42.2. The molecule has 0 unspecified atom stereocenters. The average Bonchev–Trinajstić information content (AvgIpc) is 3.02. The minimum absolute atomic E-state index is 0.00424. The van der Waals surface area contributed by atoms with E-state index >= 15 is 0 Å². The Bertz CT molecular complexity index is 938. The van der Waals surface area contributed by atoms with E-state index in [9.17, 15) is 14.4 Å². The van der Waals surface area contributed by atoms with Gasteiger partial charge < -0.3 is 10.5 Å². The zero-order valence-corrected chi connectivity index (χ0v) is 17.4. The van der Waals surface area contributed by atoms with Crippen LogP contribution in [0.25, 0.3) is 10.2 Å². The standard InChI is InChI=1S/C18H24N4O4S2/c1-26-9-8-22-16(24)14-11-5-2-3-6-12(11)28-15(14)21-18(22)27-10-4-7-13(23)20-17(19)25/h2-10H2,1H3,(H3,19,20,23,25). The van der Waals surface area contributed by atoms with Crippen LogP contribution in [0.2, 0.25) is 0 Å². The minimum atomic E-state index is -0.847. The normalized spacial score (nSPS) is 13.5. The number of ether oxygens (including phenoxy) is 1. The Hall–Kier alpha value is -1.91. The van der Waals surface area contributed by atoms with Gasteiger partial charge in [-0.05, 0) is 37.7 Å². The lowest BCUT2D eigenvalue weighted by molar-refractivity contribution is -0.119. The number of aryl methyl sites for hydroxylation is 2. The second kappa shape index (κ2) is 9.53. The topological polar surface area (TPSA) is 116 Å². The molecule has 0 saturated heterocycles. The number of nitrogens with two attached hydrogens (primary N) is 1. The summed E-state index contributed by atoms with van der Waals surface area (Å²) in [6, 6.07) is -0.847. The van der Waals surface area contributed by atoms with E-state index in [-0.39, 0.29) is 12.0 Å². The van der Waals surface area contributed by atoms with Crippen molar-refractivity contribution in [3.63, 3.8) is 0 Å². The van der Waals surface area contributed by atoms with E-state index in [2.05, 4.69) is 0 Å². The Morgan fingerprint density at radius 2 is 2.14 bits per heavy atom. The lowest BCUT2D eigenvalue weighted by atomic mass is 9.97. The molecule has 0 aliphatic heterocycles. The van der Waals surface area contributed by atoms with Crippen LogP contribution in [0.15, 0.2) is 9.95 Å². The fourth-order valence-electron chi connectivity index (χ4n) is 3.31. The van der Waals surface area contributed by atoms with Crippen molar-refractivity contribution in [1.29, 1.82) is 0 Å². The molecule has 2 aromatic rings. The lowest BCUT2D eigenvalue weighted by Crippen LogP contribution is -2.34. The minimum Gasteiger partial charge on any atom is -0.383 e. The Morgan fingerprint density at radius 3 is 2.89 bits per heavy atom. The lowest BCUT2D eigenvalue weighted by Gasteiger charge is -2.13. The first-order valence-corrected chi connectivity index (χ1v) is 11.1. The summed E-state index contributed by atoms with van der Waals surface area (Å²) < 4.78 is 6.85. The van der Waals surface area contributed by atoms with Gasteiger partial charge in [-0.3, -0.25) is 19.5 Å². The highest BCUT2D eigenvalue weighted by molar-refractivity contribution is 7.99. The average molecular weight is 425 g/mol. The van der Waals surface area contributed by atoms with Crippen molar-refractivity contribution in [2.75, 3.05) is 19.5 Å². The number of aromatic nitrogens is 2. The molecule has 0 fully saturated rings. The molecule has 28 heavy (non-hydrogen) atoms. The number of hydrogen-bond acceptors (Lipinski definition) is 7. The SMILES string of the molecule is COCCn1c(SCCCC(=O)NC(N)=O)nc2sc3c(c2c1=O)CCCC3. The predicted molar refractivity (Wildman–Crippen MR) is 110 cm³/mol. The first-order valence-electron chi connectivity index (χ1n) is 9.27. The van der Waals surface area contributed by atoms with E-state index in [0.717, 1.165) is 35.9 Å². The number of nitrogens with one attached hydrogen (secondary N) is 1. The van der Waals surface area contributed by atoms with Crippen molar-refractivity contribution < 1.29 is 14.3 Å². The van der Waals surface area contributed by atoms with Crippen molar-refractivity contribution >= 4 is 45.3 Å². The molecule has 1 aliphatic carbocycles. The number of thioether (sulfide) groups is 1. The summed E-state index contributed by atoms with van der Waals surface area (Å²) in [5, 5.41) is 3.45. The second-order valence-electron chi connectivity index (χ2n) is 6.60. The van der Waals surface area contributed by atoms with Crippen molar-refractivity contribution in [1.82, 2.24) is 14.9 Å². The fraction of sp³-hybridized carbons (Fsp3) is 0.556. The van der Waals surface area contributed by atoms with Gasteiger partial charge in [0.05, 0.1) is 18.5 Å². The molecule has 3 amide bonds. The molecule has 2 heterocycles. The number of nitrogens with zero attached hydrogens (tertiary/aromatic N) is 2. The van der Waals surface area contributed by atoms with Crippen molar-refractivity contribution in [3.8, 4) is 0 Å². The predicted octanol–water partition coefficient (Wildman–Crippen LogP) is 2.05. The summed E-state index contributed by atoms with van der Waals surface area (Å²) in [5.41, 5.74) is 6.10. The molecule has 0 atom stereocenters. The number of imide groups is 1. The van der Waals surface area contributed by atoms with Gasteiger partial charge in [0.25, 0.3) is 5.56 Å². The Morgan fingerprint density at radius 1 is 1.36 bits per heavy atom. The van der Waals surface area contributed by atoms with Gasteiger partial charge in [-0.15, -0.1) is 11.3 Å². The van der Waals surface area contributed by atoms with Gasteiger partial charge in [-0.1, -0.05) is 11.8 Å². The number of carbonyl (C=O) groups is 2. The molecule has 1 aliphatic rings. The molecular weight excluding hydrogens is 400 g/mol. The Balaban J connectivity index is 1.81. The molecule has 10 heteroatoms. The molecule has 0 spiro atoms. The maximum atomic E-state index is 13.2. The van der Waals surface area contributed by atoms with Crippen LogP contribution >= 0.6 is 23.1 Å². The number of primary amides is 1. The summed E-state index contributed by atoms with van der Waals surface area (Å²) in [6.45, 7) is 0.862. The van der Waals surface area contributed by atoms with Crippen molar-refractivity contribution in [2.45, 2.75) is 50.2 Å². The van der Waals surface area contributed by atoms with E-state index in [4.69, 9.17) is 15.5 Å². The molecule has 8 nitrogen and oxygen atoms in total. The number of amides is 3. The zero-order chi connectivity index (χ0) is 20.1. The van der Waals surface area contributed by atoms with E-state index in [1.54, 1.807) is 23.0 Å². The van der Waals surface area contributed by atoms with E-state index in [1.807, 2.05) is 5.32 Å². The van der Waals surface area contributed by atoms with E-state index in [0.29, 0.717) is 30.5 Å². The van der Waals surface area contributed by atoms with Crippen LogP contribution in [-0.2, 0) is 28.9 Å². The molecule has 3 rings (SSSR count). The Kier molecular flexibility index (Phi) is 7.08. The molecule has 0 radical (unpaired) electrons. The summed E-state index contributed by atoms with van der Waals surface area (Å²) >= 11 is 3.07. The maximum absolute atomic E-state index is 13.2. The van der Waals surface area contributed by atoms with Gasteiger partial charge in [-0.25, -0.2) is 9.78 Å². The Labute approximate surface area is 170 Å². The summed E-state index contributed by atoms with van der Waals surface area (Å²) in [5.74, 6) is 0.196. The van der Waals surface area contributed by atoms with Crippen molar-refractivity contribution in [2.24, 2.45) is 5.73 Å². The van der Waals surface area contributed by atoms with Crippen LogP contribution in [0.4, 0.5) is 4.79 Å². The van der Waals surface area contributed by atoms with Gasteiger partial charge >= 0.3 is 6.03 Å². The number of methoxy groups -OCH3 is 1. The highest BCUT2D eigenvalue weighted by Crippen LogP contribution is 2.34. The van der Waals surface area contributed by atoms with Gasteiger partial charge in [0, 0.05) is 24.2 Å². The molecule has 152 valence electrons. The third-order valence-corrected chi connectivity index (χ3v) is 6.85. The van der Waals surface area contributed by atoms with E-state index in [1.165, 1.54) is 22.2 Å². The van der Waals surface area contributed by atoms with Crippen LogP contribution in [0.1, 0.15) is 36.1 Å². The number of hydrogen-bond donors (Lipinski definition) is 2. The van der Waals surface area contributed by atoms with Crippen LogP contribution < -0.4 is 16.6 Å². The zero-order valence-electron chi connectivity index (χ0n) is 15.8. The molecule has 2 aromatic heterocycles. The smallest absolute Gasteiger partial charge is 0.318 e.